The van der Waals surface area contributed by atoms with Crippen LogP contribution in [-0.4, -0.2) is 22.2 Å². The Balaban J connectivity index is 1.76. The average molecular weight is 363 g/mol. The molecule has 2 heterocycles. The van der Waals surface area contributed by atoms with Gasteiger partial charge in [0.1, 0.15) is 11.3 Å². The molecule has 6 nitrogen and oxygen atoms in total. The first-order valence-corrected chi connectivity index (χ1v) is 8.56. The molecule has 0 saturated carbocycles. The van der Waals surface area contributed by atoms with Gasteiger partial charge in [0.2, 0.25) is 6.79 Å². The van der Waals surface area contributed by atoms with E-state index >= 15 is 0 Å². The Hall–Kier alpha value is -3.54. The third-order valence-corrected chi connectivity index (χ3v) is 4.53. The summed E-state index contributed by atoms with van der Waals surface area (Å²) in [7, 11) is 0. The fourth-order valence-corrected chi connectivity index (χ4v) is 3.20. The van der Waals surface area contributed by atoms with E-state index in [4.69, 9.17) is 9.47 Å². The molecule has 6 heteroatoms. The monoisotopic (exact) mass is 363 g/mol. The number of pyridine rings is 1. The maximum Gasteiger partial charge on any atom is 0.266 e. The molecule has 2 aromatic carbocycles. The van der Waals surface area contributed by atoms with Crippen molar-refractivity contribution >= 4 is 22.8 Å². The van der Waals surface area contributed by atoms with Gasteiger partial charge in [-0.2, -0.15) is 0 Å². The normalized spacial score (nSPS) is 12.8. The number of para-hydroxylation sites is 1. The molecule has 27 heavy (non-hydrogen) atoms. The molecule has 0 amide bonds. The van der Waals surface area contributed by atoms with Crippen LogP contribution in [0.25, 0.3) is 17.0 Å². The number of hydrogen-bond acceptors (Lipinski definition) is 5. The van der Waals surface area contributed by atoms with Crippen LogP contribution in [0.15, 0.2) is 53.3 Å². The molecule has 0 spiro atoms. The highest BCUT2D eigenvalue weighted by molar-refractivity contribution is 6.11. The number of aromatic hydroxyl groups is 1. The van der Waals surface area contributed by atoms with E-state index in [-0.39, 0.29) is 18.1 Å². The van der Waals surface area contributed by atoms with E-state index in [9.17, 15) is 14.7 Å². The van der Waals surface area contributed by atoms with Crippen molar-refractivity contribution in [1.29, 1.82) is 0 Å². The molecular formula is C21H17NO5. The maximum absolute atomic E-state index is 12.8. The molecule has 1 N–H and O–H groups in total. The van der Waals surface area contributed by atoms with E-state index < -0.39 is 11.3 Å². The van der Waals surface area contributed by atoms with Crippen LogP contribution in [0, 0.1) is 0 Å². The van der Waals surface area contributed by atoms with Gasteiger partial charge in [0.15, 0.2) is 17.3 Å². The van der Waals surface area contributed by atoms with Gasteiger partial charge in [0, 0.05) is 11.9 Å². The van der Waals surface area contributed by atoms with Crippen LogP contribution >= 0.6 is 0 Å². The highest BCUT2D eigenvalue weighted by atomic mass is 16.7. The Morgan fingerprint density at radius 2 is 1.96 bits per heavy atom. The summed E-state index contributed by atoms with van der Waals surface area (Å²) in [4.78, 5) is 25.4. The minimum absolute atomic E-state index is 0.170. The zero-order valence-corrected chi connectivity index (χ0v) is 14.6. The van der Waals surface area contributed by atoms with E-state index in [0.29, 0.717) is 28.9 Å². The maximum atomic E-state index is 12.8. The van der Waals surface area contributed by atoms with E-state index in [0.717, 1.165) is 5.56 Å². The van der Waals surface area contributed by atoms with E-state index in [2.05, 4.69) is 0 Å². The van der Waals surface area contributed by atoms with Crippen LogP contribution in [0.3, 0.4) is 0 Å². The SMILES string of the molecule is CCn1c(=O)c(C(=O)C=Cc2ccc3c(c2)OCO3)c(O)c2ccccc21. The predicted octanol–water partition coefficient (Wildman–Crippen LogP) is 3.35. The number of nitrogens with zero attached hydrogens (tertiary/aromatic N) is 1. The zero-order chi connectivity index (χ0) is 19.0. The second-order valence-corrected chi connectivity index (χ2v) is 6.10. The topological polar surface area (TPSA) is 77.8 Å². The van der Waals surface area contributed by atoms with Crippen LogP contribution < -0.4 is 15.0 Å². The third kappa shape index (κ3) is 2.85. The van der Waals surface area contributed by atoms with Gasteiger partial charge in [0.25, 0.3) is 5.56 Å². The molecule has 0 fully saturated rings. The van der Waals surface area contributed by atoms with Crippen molar-refractivity contribution in [3.63, 3.8) is 0 Å². The molecule has 0 radical (unpaired) electrons. The number of aryl methyl sites for hydroxylation is 1. The number of allylic oxidation sites excluding steroid dienone is 1. The van der Waals surface area contributed by atoms with Crippen molar-refractivity contribution in [2.75, 3.05) is 6.79 Å². The van der Waals surface area contributed by atoms with Crippen molar-refractivity contribution in [1.82, 2.24) is 4.57 Å². The fraction of sp³-hybridized carbons (Fsp3) is 0.143. The van der Waals surface area contributed by atoms with Gasteiger partial charge in [-0.05, 0) is 42.8 Å². The summed E-state index contributed by atoms with van der Waals surface area (Å²) >= 11 is 0. The molecule has 136 valence electrons. The van der Waals surface area contributed by atoms with E-state index in [1.54, 1.807) is 48.5 Å². The van der Waals surface area contributed by atoms with Crippen LogP contribution in [0.1, 0.15) is 22.8 Å². The molecule has 1 aliphatic heterocycles. The van der Waals surface area contributed by atoms with Gasteiger partial charge < -0.3 is 19.1 Å². The quantitative estimate of drug-likeness (QED) is 0.568. The zero-order valence-electron chi connectivity index (χ0n) is 14.6. The second-order valence-electron chi connectivity index (χ2n) is 6.10. The number of benzene rings is 2. The molecule has 1 aliphatic rings. The summed E-state index contributed by atoms with van der Waals surface area (Å²) in [6, 6.07) is 12.3. The standard InChI is InChI=1S/C21H17NO5/c1-2-22-15-6-4-3-5-14(15)20(24)19(21(22)25)16(23)9-7-13-8-10-17-18(11-13)27-12-26-17/h3-11,24H,2,12H2,1H3. The summed E-state index contributed by atoms with van der Waals surface area (Å²) < 4.78 is 12.1. The number of aromatic nitrogens is 1. The number of carbonyl (C=O) groups is 1. The Bertz CT molecular complexity index is 1140. The first-order valence-electron chi connectivity index (χ1n) is 8.56. The summed E-state index contributed by atoms with van der Waals surface area (Å²) in [6.45, 7) is 2.39. The highest BCUT2D eigenvalue weighted by Crippen LogP contribution is 2.33. The lowest BCUT2D eigenvalue weighted by Gasteiger charge is -2.12. The van der Waals surface area contributed by atoms with Crippen molar-refractivity contribution in [3.8, 4) is 17.2 Å². The Kier molecular flexibility index (Phi) is 4.16. The Morgan fingerprint density at radius 1 is 1.19 bits per heavy atom. The molecule has 4 rings (SSSR count). The lowest BCUT2D eigenvalue weighted by Crippen LogP contribution is -2.26. The van der Waals surface area contributed by atoms with Gasteiger partial charge >= 0.3 is 0 Å². The predicted molar refractivity (Wildman–Crippen MR) is 101 cm³/mol. The number of hydrogen-bond donors (Lipinski definition) is 1. The number of ketones is 1. The van der Waals surface area contributed by atoms with Crippen LogP contribution in [0.2, 0.25) is 0 Å². The fourth-order valence-electron chi connectivity index (χ4n) is 3.20. The summed E-state index contributed by atoms with van der Waals surface area (Å²) in [5.41, 5.74) is 0.587. The molecule has 0 saturated heterocycles. The highest BCUT2D eigenvalue weighted by Gasteiger charge is 2.20. The van der Waals surface area contributed by atoms with Gasteiger partial charge in [0.05, 0.1) is 5.52 Å². The Labute approximate surface area is 154 Å². The van der Waals surface area contributed by atoms with E-state index in [1.165, 1.54) is 10.6 Å². The first kappa shape index (κ1) is 16.9. The van der Waals surface area contributed by atoms with Gasteiger partial charge in [-0.25, -0.2) is 0 Å². The number of ether oxygens (including phenoxy) is 2. The lowest BCUT2D eigenvalue weighted by molar-refractivity contribution is 0.104. The van der Waals surface area contributed by atoms with Gasteiger partial charge in [-0.15, -0.1) is 0 Å². The summed E-state index contributed by atoms with van der Waals surface area (Å²) in [6.07, 6.45) is 2.86. The van der Waals surface area contributed by atoms with Gasteiger partial charge in [-0.3, -0.25) is 9.59 Å². The average Bonchev–Trinajstić information content (AvgIpc) is 3.15. The smallest absolute Gasteiger partial charge is 0.266 e. The van der Waals surface area contributed by atoms with Crippen LogP contribution in [0.4, 0.5) is 0 Å². The van der Waals surface area contributed by atoms with Crippen LogP contribution in [-0.2, 0) is 6.54 Å². The van der Waals surface area contributed by atoms with Crippen molar-refractivity contribution in [2.24, 2.45) is 0 Å². The molecule has 0 aliphatic carbocycles. The largest absolute Gasteiger partial charge is 0.506 e. The Morgan fingerprint density at radius 3 is 2.78 bits per heavy atom. The summed E-state index contributed by atoms with van der Waals surface area (Å²) in [5.74, 6) is 0.409. The number of rotatable bonds is 4. The molecule has 0 unspecified atom stereocenters. The van der Waals surface area contributed by atoms with Gasteiger partial charge in [-0.1, -0.05) is 24.3 Å². The molecule has 0 atom stereocenters. The molecular weight excluding hydrogens is 346 g/mol. The third-order valence-electron chi connectivity index (χ3n) is 4.53. The lowest BCUT2D eigenvalue weighted by atomic mass is 10.1. The second kappa shape index (κ2) is 6.64. The first-order chi connectivity index (χ1) is 13.1. The minimum Gasteiger partial charge on any atom is -0.506 e. The molecule has 1 aromatic heterocycles. The summed E-state index contributed by atoms with van der Waals surface area (Å²) in [5, 5.41) is 11.0. The van der Waals surface area contributed by atoms with Crippen molar-refractivity contribution in [3.05, 3.63) is 70.0 Å². The molecule has 0 bridgehead atoms. The molecule has 3 aromatic rings. The number of carbonyl (C=O) groups excluding carboxylic acids is 1. The van der Waals surface area contributed by atoms with Crippen molar-refractivity contribution in [2.45, 2.75) is 13.5 Å². The van der Waals surface area contributed by atoms with E-state index in [1.807, 2.05) is 6.92 Å². The van der Waals surface area contributed by atoms with Crippen molar-refractivity contribution < 1.29 is 19.4 Å². The van der Waals surface area contributed by atoms with Crippen LogP contribution in [0.5, 0.6) is 17.2 Å². The minimum atomic E-state index is -0.553. The number of fused-ring (bicyclic) bond motifs is 2.